The summed E-state index contributed by atoms with van der Waals surface area (Å²) >= 11 is 3.32. The number of nitrogens with two attached hydrogens (primary N) is 1. The van der Waals surface area contributed by atoms with Crippen LogP contribution >= 0.6 is 15.9 Å². The van der Waals surface area contributed by atoms with Gasteiger partial charge in [0.1, 0.15) is 0 Å². The fourth-order valence-corrected chi connectivity index (χ4v) is 1.13. The molecule has 0 radical (unpaired) electrons. The van der Waals surface area contributed by atoms with Gasteiger partial charge < -0.3 is 16.6 Å². The van der Waals surface area contributed by atoms with E-state index in [1.165, 1.54) is 5.56 Å². The lowest BCUT2D eigenvalue weighted by Gasteiger charge is -1.96. The van der Waals surface area contributed by atoms with Gasteiger partial charge in [-0.15, -0.1) is 0 Å². The number of aryl methyl sites for hydroxylation is 1. The lowest BCUT2D eigenvalue weighted by Crippen LogP contribution is -1.85. The van der Waals surface area contributed by atoms with Crippen LogP contribution in [0.15, 0.2) is 22.7 Å². The van der Waals surface area contributed by atoms with E-state index in [2.05, 4.69) is 15.9 Å². The number of hydrogen-bond acceptors (Lipinski definition) is 3. The molecule has 13 heavy (non-hydrogen) atoms. The Balaban J connectivity index is 0.000000310. The van der Waals surface area contributed by atoms with E-state index in [1.54, 1.807) is 0 Å². The monoisotopic (exact) mass is 241 g/mol. The van der Waals surface area contributed by atoms with Gasteiger partial charge in [0.2, 0.25) is 0 Å². The molecule has 0 aliphatic heterocycles. The SMILES string of the molecule is Cc1ccc(N)c(Br)c1.N=CC=N. The van der Waals surface area contributed by atoms with E-state index in [4.69, 9.17) is 16.6 Å². The lowest BCUT2D eigenvalue weighted by molar-refractivity contribution is 1.45. The number of benzene rings is 1. The molecule has 0 unspecified atom stereocenters. The van der Waals surface area contributed by atoms with Gasteiger partial charge in [0, 0.05) is 22.6 Å². The van der Waals surface area contributed by atoms with Crippen LogP contribution in [0.4, 0.5) is 5.69 Å². The third-order valence-electron chi connectivity index (χ3n) is 1.24. The predicted molar refractivity (Wildman–Crippen MR) is 60.9 cm³/mol. The van der Waals surface area contributed by atoms with Crippen LogP contribution in [0, 0.1) is 17.7 Å². The Hall–Kier alpha value is -1.16. The van der Waals surface area contributed by atoms with Crippen molar-refractivity contribution in [3.8, 4) is 0 Å². The molecule has 0 amide bonds. The zero-order valence-corrected chi connectivity index (χ0v) is 8.93. The van der Waals surface area contributed by atoms with E-state index in [0.29, 0.717) is 0 Å². The summed E-state index contributed by atoms with van der Waals surface area (Å²) in [4.78, 5) is 0. The van der Waals surface area contributed by atoms with Crippen LogP contribution in [-0.4, -0.2) is 12.4 Å². The van der Waals surface area contributed by atoms with E-state index in [1.807, 2.05) is 25.1 Å². The summed E-state index contributed by atoms with van der Waals surface area (Å²) in [6.45, 7) is 2.03. The summed E-state index contributed by atoms with van der Waals surface area (Å²) in [7, 11) is 0. The van der Waals surface area contributed by atoms with Crippen molar-refractivity contribution in [3.05, 3.63) is 28.2 Å². The van der Waals surface area contributed by atoms with Crippen molar-refractivity contribution < 1.29 is 0 Å². The second kappa shape index (κ2) is 6.37. The molecule has 0 bridgehead atoms. The van der Waals surface area contributed by atoms with E-state index < -0.39 is 0 Å². The Bertz CT molecular complexity index is 291. The first-order valence-electron chi connectivity index (χ1n) is 3.63. The molecule has 1 aromatic rings. The molecule has 0 saturated carbocycles. The van der Waals surface area contributed by atoms with Crippen molar-refractivity contribution in [2.75, 3.05) is 5.73 Å². The third kappa shape index (κ3) is 5.14. The number of rotatable bonds is 1. The van der Waals surface area contributed by atoms with Crippen LogP contribution in [-0.2, 0) is 0 Å². The molecule has 1 rings (SSSR count). The molecule has 1 aromatic carbocycles. The third-order valence-corrected chi connectivity index (χ3v) is 1.93. The van der Waals surface area contributed by atoms with Crippen molar-refractivity contribution >= 4 is 34.0 Å². The molecule has 0 saturated heterocycles. The number of nitrogen functional groups attached to an aromatic ring is 1. The maximum Gasteiger partial charge on any atom is 0.0458 e. The topological polar surface area (TPSA) is 73.7 Å². The smallest absolute Gasteiger partial charge is 0.0458 e. The second-order valence-electron chi connectivity index (χ2n) is 2.36. The maximum absolute atomic E-state index is 6.08. The summed E-state index contributed by atoms with van der Waals surface area (Å²) in [6.07, 6.45) is 1.83. The highest BCUT2D eigenvalue weighted by atomic mass is 79.9. The van der Waals surface area contributed by atoms with Crippen LogP contribution in [0.25, 0.3) is 0 Å². The molecule has 0 fully saturated rings. The molecule has 0 aliphatic rings. The Morgan fingerprint density at radius 2 is 1.85 bits per heavy atom. The van der Waals surface area contributed by atoms with Gasteiger partial charge in [-0.25, -0.2) is 0 Å². The summed E-state index contributed by atoms with van der Waals surface area (Å²) in [5, 5.41) is 12.2. The highest BCUT2D eigenvalue weighted by molar-refractivity contribution is 9.10. The zero-order chi connectivity index (χ0) is 10.3. The zero-order valence-electron chi connectivity index (χ0n) is 7.34. The molecule has 0 aliphatic carbocycles. The standard InChI is InChI=1S/C7H8BrN.C2H4N2/c1-5-2-3-7(9)6(8)4-5;3-1-2-4/h2-4H,9H2,1H3;1-4H. The Morgan fingerprint density at radius 3 is 2.15 bits per heavy atom. The number of hydrogen-bond donors (Lipinski definition) is 3. The van der Waals surface area contributed by atoms with E-state index in [0.717, 1.165) is 22.6 Å². The number of nitrogens with one attached hydrogen (secondary N) is 2. The van der Waals surface area contributed by atoms with E-state index in [-0.39, 0.29) is 0 Å². The number of halogens is 1. The first-order valence-corrected chi connectivity index (χ1v) is 4.42. The van der Waals surface area contributed by atoms with E-state index in [9.17, 15) is 0 Å². The minimum absolute atomic E-state index is 0.792. The predicted octanol–water partition coefficient (Wildman–Crippen LogP) is 2.63. The lowest BCUT2D eigenvalue weighted by atomic mass is 10.2. The molecular formula is C9H12BrN3. The van der Waals surface area contributed by atoms with Gasteiger partial charge in [0.15, 0.2) is 0 Å². The summed E-state index contributed by atoms with van der Waals surface area (Å²) in [5.74, 6) is 0. The molecule has 0 spiro atoms. The van der Waals surface area contributed by atoms with Crippen molar-refractivity contribution in [2.24, 2.45) is 0 Å². The highest BCUT2D eigenvalue weighted by Gasteiger charge is 1.91. The molecule has 0 atom stereocenters. The Kier molecular flexibility index (Phi) is 5.80. The van der Waals surface area contributed by atoms with Crippen LogP contribution < -0.4 is 5.73 Å². The average molecular weight is 242 g/mol. The molecule has 0 aromatic heterocycles. The summed E-state index contributed by atoms with van der Waals surface area (Å²) in [6, 6.07) is 5.87. The molecule has 4 heteroatoms. The van der Waals surface area contributed by atoms with Crippen molar-refractivity contribution in [1.29, 1.82) is 10.8 Å². The quantitative estimate of drug-likeness (QED) is 0.514. The van der Waals surface area contributed by atoms with Crippen molar-refractivity contribution in [2.45, 2.75) is 6.92 Å². The molecule has 4 N–H and O–H groups in total. The van der Waals surface area contributed by atoms with Gasteiger partial charge in [0.25, 0.3) is 0 Å². The minimum Gasteiger partial charge on any atom is -0.398 e. The molecule has 0 heterocycles. The van der Waals surface area contributed by atoms with Crippen LogP contribution in [0.3, 0.4) is 0 Å². The number of anilines is 1. The van der Waals surface area contributed by atoms with E-state index >= 15 is 0 Å². The summed E-state index contributed by atoms with van der Waals surface area (Å²) < 4.78 is 0.975. The second-order valence-corrected chi connectivity index (χ2v) is 3.21. The van der Waals surface area contributed by atoms with Crippen molar-refractivity contribution in [1.82, 2.24) is 0 Å². The fraction of sp³-hybridized carbons (Fsp3) is 0.111. The van der Waals surface area contributed by atoms with Gasteiger partial charge in [0.05, 0.1) is 0 Å². The molecule has 3 nitrogen and oxygen atoms in total. The molecular weight excluding hydrogens is 230 g/mol. The summed E-state index contributed by atoms with van der Waals surface area (Å²) in [5.41, 5.74) is 7.55. The van der Waals surface area contributed by atoms with Crippen molar-refractivity contribution in [3.63, 3.8) is 0 Å². The largest absolute Gasteiger partial charge is 0.398 e. The van der Waals surface area contributed by atoms with Crippen LogP contribution in [0.1, 0.15) is 5.56 Å². The van der Waals surface area contributed by atoms with Gasteiger partial charge in [-0.05, 0) is 40.5 Å². The van der Waals surface area contributed by atoms with Crippen LogP contribution in [0.2, 0.25) is 0 Å². The van der Waals surface area contributed by atoms with Gasteiger partial charge >= 0.3 is 0 Å². The minimum atomic E-state index is 0.792. The normalized spacial score (nSPS) is 8.15. The van der Waals surface area contributed by atoms with Crippen LogP contribution in [0.5, 0.6) is 0 Å². The van der Waals surface area contributed by atoms with Gasteiger partial charge in [-0.2, -0.15) is 0 Å². The molecule has 70 valence electrons. The average Bonchev–Trinajstić information content (AvgIpc) is 2.12. The Morgan fingerprint density at radius 1 is 1.31 bits per heavy atom. The highest BCUT2D eigenvalue weighted by Crippen LogP contribution is 2.19. The van der Waals surface area contributed by atoms with Gasteiger partial charge in [-0.1, -0.05) is 6.07 Å². The first-order chi connectivity index (χ1) is 6.11. The van der Waals surface area contributed by atoms with Gasteiger partial charge in [-0.3, -0.25) is 0 Å². The fourth-order valence-electron chi connectivity index (χ4n) is 0.632. The maximum atomic E-state index is 6.08. The Labute approximate surface area is 86.1 Å². The first kappa shape index (κ1) is 11.8.